The largest absolute Gasteiger partial charge is 0.354 e. The zero-order chi connectivity index (χ0) is 26.2. The normalized spacial score (nSPS) is 12.2. The molecular weight excluding hydrogens is 462 g/mol. The second kappa shape index (κ2) is 12.7. The highest BCUT2D eigenvalue weighted by molar-refractivity contribution is 7.92. The number of aryl methyl sites for hydroxylation is 2. The van der Waals surface area contributed by atoms with Gasteiger partial charge in [-0.1, -0.05) is 62.2 Å². The lowest BCUT2D eigenvalue weighted by Crippen LogP contribution is -2.52. The van der Waals surface area contributed by atoms with Crippen LogP contribution in [0.2, 0.25) is 0 Å². The highest BCUT2D eigenvalue weighted by atomic mass is 32.2. The predicted molar refractivity (Wildman–Crippen MR) is 142 cm³/mol. The minimum atomic E-state index is -3.75. The molecule has 0 spiro atoms. The van der Waals surface area contributed by atoms with E-state index in [0.29, 0.717) is 18.7 Å². The van der Waals surface area contributed by atoms with E-state index in [4.69, 9.17) is 0 Å². The fourth-order valence-electron chi connectivity index (χ4n) is 3.92. The quantitative estimate of drug-likeness (QED) is 0.444. The van der Waals surface area contributed by atoms with Crippen molar-refractivity contribution in [2.75, 3.05) is 23.7 Å². The predicted octanol–water partition coefficient (Wildman–Crippen LogP) is 4.10. The molecular formula is C27H39N3O4S. The van der Waals surface area contributed by atoms with Gasteiger partial charge in [0.25, 0.3) is 0 Å². The first-order chi connectivity index (χ1) is 16.5. The molecule has 0 heterocycles. The van der Waals surface area contributed by atoms with Gasteiger partial charge in [0.05, 0.1) is 11.9 Å². The van der Waals surface area contributed by atoms with Gasteiger partial charge >= 0.3 is 0 Å². The summed E-state index contributed by atoms with van der Waals surface area (Å²) < 4.78 is 26.7. The van der Waals surface area contributed by atoms with Crippen LogP contribution in [0.5, 0.6) is 0 Å². The molecule has 0 unspecified atom stereocenters. The first-order valence-electron chi connectivity index (χ1n) is 12.2. The summed E-state index contributed by atoms with van der Waals surface area (Å²) in [5.74, 6) is -0.645. The number of unbranched alkanes of at least 4 members (excludes halogenated alkanes) is 1. The van der Waals surface area contributed by atoms with Crippen LogP contribution in [-0.4, -0.2) is 50.5 Å². The third-order valence-electron chi connectivity index (χ3n) is 6.21. The van der Waals surface area contributed by atoms with E-state index in [9.17, 15) is 18.0 Å². The van der Waals surface area contributed by atoms with E-state index in [2.05, 4.69) is 5.32 Å². The molecule has 0 saturated carbocycles. The molecule has 0 aromatic heterocycles. The summed E-state index contributed by atoms with van der Waals surface area (Å²) in [7, 11) is -3.75. The second-order valence-electron chi connectivity index (χ2n) is 9.06. The smallest absolute Gasteiger partial charge is 0.244 e. The lowest BCUT2D eigenvalue weighted by atomic mass is 10.1. The molecule has 1 atom stereocenters. The molecule has 192 valence electrons. The van der Waals surface area contributed by atoms with Crippen molar-refractivity contribution >= 4 is 27.5 Å². The summed E-state index contributed by atoms with van der Waals surface area (Å²) >= 11 is 0. The molecule has 2 rings (SSSR count). The Morgan fingerprint density at radius 1 is 1.00 bits per heavy atom. The molecule has 0 saturated heterocycles. The Hall–Kier alpha value is -2.87. The number of anilines is 1. The van der Waals surface area contributed by atoms with Gasteiger partial charge in [-0.3, -0.25) is 13.9 Å². The van der Waals surface area contributed by atoms with Crippen LogP contribution in [-0.2, 0) is 26.2 Å². The van der Waals surface area contributed by atoms with Crippen molar-refractivity contribution in [3.8, 4) is 0 Å². The SMILES string of the molecule is CCCCNC(=O)[C@@H](CC)N(Cc1ccc(C)cc1)C(=O)CN(c1cccc(C)c1C)S(C)(=O)=O. The summed E-state index contributed by atoms with van der Waals surface area (Å²) in [6.45, 7) is 10.00. The maximum absolute atomic E-state index is 13.7. The Kier molecular flexibility index (Phi) is 10.3. The van der Waals surface area contributed by atoms with Crippen LogP contribution in [0.25, 0.3) is 0 Å². The average Bonchev–Trinajstić information content (AvgIpc) is 2.80. The van der Waals surface area contributed by atoms with Crippen molar-refractivity contribution in [3.05, 3.63) is 64.7 Å². The number of carbonyl (C=O) groups excluding carboxylic acids is 2. The van der Waals surface area contributed by atoms with Crippen LogP contribution in [0.4, 0.5) is 5.69 Å². The molecule has 0 bridgehead atoms. The van der Waals surface area contributed by atoms with Gasteiger partial charge in [-0.15, -0.1) is 0 Å². The maximum Gasteiger partial charge on any atom is 0.244 e. The third kappa shape index (κ3) is 7.82. The molecule has 1 N–H and O–H groups in total. The Labute approximate surface area is 210 Å². The summed E-state index contributed by atoms with van der Waals surface area (Å²) in [4.78, 5) is 28.3. The molecule has 7 nitrogen and oxygen atoms in total. The van der Waals surface area contributed by atoms with Gasteiger partial charge in [-0.25, -0.2) is 8.42 Å². The van der Waals surface area contributed by atoms with E-state index in [1.54, 1.807) is 12.1 Å². The van der Waals surface area contributed by atoms with Gasteiger partial charge in [0.15, 0.2) is 0 Å². The Balaban J connectivity index is 2.43. The van der Waals surface area contributed by atoms with Crippen molar-refractivity contribution in [3.63, 3.8) is 0 Å². The Morgan fingerprint density at radius 3 is 2.23 bits per heavy atom. The van der Waals surface area contributed by atoms with Crippen LogP contribution >= 0.6 is 0 Å². The van der Waals surface area contributed by atoms with Gasteiger partial charge in [0.1, 0.15) is 12.6 Å². The summed E-state index contributed by atoms with van der Waals surface area (Å²) in [5, 5.41) is 2.93. The maximum atomic E-state index is 13.7. The number of hydrogen-bond donors (Lipinski definition) is 1. The monoisotopic (exact) mass is 501 g/mol. The van der Waals surface area contributed by atoms with Crippen LogP contribution in [0.1, 0.15) is 55.4 Å². The number of amides is 2. The number of rotatable bonds is 12. The second-order valence-corrected chi connectivity index (χ2v) is 11.0. The van der Waals surface area contributed by atoms with Gasteiger partial charge in [-0.2, -0.15) is 0 Å². The van der Waals surface area contributed by atoms with Crippen molar-refractivity contribution in [1.82, 2.24) is 10.2 Å². The first kappa shape index (κ1) is 28.4. The fraction of sp³-hybridized carbons (Fsp3) is 0.481. The minimum Gasteiger partial charge on any atom is -0.354 e. The van der Waals surface area contributed by atoms with E-state index in [1.807, 2.05) is 65.0 Å². The van der Waals surface area contributed by atoms with E-state index in [1.165, 1.54) is 4.90 Å². The number of nitrogens with one attached hydrogen (secondary N) is 1. The van der Waals surface area contributed by atoms with Crippen molar-refractivity contribution in [2.24, 2.45) is 0 Å². The van der Waals surface area contributed by atoms with Gasteiger partial charge in [0.2, 0.25) is 21.8 Å². The van der Waals surface area contributed by atoms with Crippen LogP contribution < -0.4 is 9.62 Å². The van der Waals surface area contributed by atoms with Crippen molar-refractivity contribution in [1.29, 1.82) is 0 Å². The molecule has 2 aromatic rings. The van der Waals surface area contributed by atoms with Crippen molar-refractivity contribution < 1.29 is 18.0 Å². The topological polar surface area (TPSA) is 86.8 Å². The molecule has 0 aliphatic rings. The molecule has 2 amide bonds. The summed E-state index contributed by atoms with van der Waals surface area (Å²) in [6.07, 6.45) is 3.31. The van der Waals surface area contributed by atoms with Gasteiger partial charge in [0, 0.05) is 13.1 Å². The lowest BCUT2D eigenvalue weighted by Gasteiger charge is -2.33. The number of hydrogen-bond acceptors (Lipinski definition) is 4. The van der Waals surface area contributed by atoms with Gasteiger partial charge in [-0.05, 0) is 56.4 Å². The zero-order valence-electron chi connectivity index (χ0n) is 21.8. The van der Waals surface area contributed by atoms with E-state index >= 15 is 0 Å². The fourth-order valence-corrected chi connectivity index (χ4v) is 4.82. The van der Waals surface area contributed by atoms with Crippen LogP contribution in [0, 0.1) is 20.8 Å². The van der Waals surface area contributed by atoms with E-state index in [0.717, 1.165) is 45.7 Å². The highest BCUT2D eigenvalue weighted by Crippen LogP contribution is 2.25. The molecule has 0 radical (unpaired) electrons. The number of benzene rings is 2. The Bertz CT molecular complexity index is 1110. The van der Waals surface area contributed by atoms with Crippen LogP contribution in [0.3, 0.4) is 0 Å². The third-order valence-corrected chi connectivity index (χ3v) is 7.34. The van der Waals surface area contributed by atoms with E-state index in [-0.39, 0.29) is 19.0 Å². The van der Waals surface area contributed by atoms with Gasteiger partial charge < -0.3 is 10.2 Å². The van der Waals surface area contributed by atoms with Crippen LogP contribution in [0.15, 0.2) is 42.5 Å². The molecule has 8 heteroatoms. The molecule has 2 aromatic carbocycles. The number of sulfonamides is 1. The summed E-state index contributed by atoms with van der Waals surface area (Å²) in [5.41, 5.74) is 4.16. The minimum absolute atomic E-state index is 0.212. The van der Waals surface area contributed by atoms with Crippen molar-refractivity contribution in [2.45, 2.75) is 66.5 Å². The molecule has 0 aliphatic heterocycles. The van der Waals surface area contributed by atoms with E-state index < -0.39 is 22.0 Å². The lowest BCUT2D eigenvalue weighted by molar-refractivity contribution is -0.140. The molecule has 0 aliphatic carbocycles. The Morgan fingerprint density at radius 2 is 1.66 bits per heavy atom. The standard InChI is InChI=1S/C27H39N3O4S/c1-7-9-17-28-27(32)24(8-2)29(18-23-15-13-20(3)14-16-23)26(31)19-30(35(6,33)34)25-12-10-11-21(4)22(25)5/h10-16,24H,7-9,17-19H2,1-6H3,(H,28,32)/t24-/m1/s1. The number of nitrogens with zero attached hydrogens (tertiary/aromatic N) is 2. The summed E-state index contributed by atoms with van der Waals surface area (Å²) in [6, 6.07) is 12.4. The number of carbonyl (C=O) groups is 2. The molecule has 0 fully saturated rings. The zero-order valence-corrected chi connectivity index (χ0v) is 22.6. The average molecular weight is 502 g/mol. The first-order valence-corrected chi connectivity index (χ1v) is 14.0. The highest BCUT2D eigenvalue weighted by Gasteiger charge is 2.32. The molecule has 35 heavy (non-hydrogen) atoms.